The third kappa shape index (κ3) is 9.84. The molecule has 0 saturated heterocycles. The summed E-state index contributed by atoms with van der Waals surface area (Å²) >= 11 is 0. The fourth-order valence-electron chi connectivity index (χ4n) is 4.33. The number of carboxylic acid groups (broad SMARTS) is 1. The van der Waals surface area contributed by atoms with E-state index < -0.39 is 5.97 Å². The molecule has 7 N–H and O–H groups in total. The van der Waals surface area contributed by atoms with Gasteiger partial charge < -0.3 is 30.2 Å². The number of hydrogen-bond acceptors (Lipinski definition) is 8. The van der Waals surface area contributed by atoms with Gasteiger partial charge in [0.05, 0.1) is 19.8 Å². The van der Waals surface area contributed by atoms with Crippen molar-refractivity contribution in [3.05, 3.63) is 71.5 Å². The largest absolute Gasteiger partial charge is 0.507 e. The summed E-state index contributed by atoms with van der Waals surface area (Å²) in [6, 6.07) is 14.8. The van der Waals surface area contributed by atoms with Crippen molar-refractivity contribution in [2.24, 2.45) is 16.7 Å². The maximum atomic E-state index is 13.3. The van der Waals surface area contributed by atoms with E-state index in [0.717, 1.165) is 18.4 Å². The normalized spacial score (nSPS) is 11.3. The van der Waals surface area contributed by atoms with Gasteiger partial charge in [-0.2, -0.15) is 5.10 Å². The highest BCUT2D eigenvalue weighted by Crippen LogP contribution is 2.36. The zero-order valence-electron chi connectivity index (χ0n) is 23.8. The highest BCUT2D eigenvalue weighted by Gasteiger charge is 2.14. The summed E-state index contributed by atoms with van der Waals surface area (Å²) in [5.74, 6) is 6.05. The number of nitrogens with zero attached hydrogens (tertiary/aromatic N) is 1. The van der Waals surface area contributed by atoms with Gasteiger partial charge in [-0.05, 0) is 67.1 Å². The molecule has 0 heterocycles. The second-order valence-electron chi connectivity index (χ2n) is 9.55. The van der Waals surface area contributed by atoms with Crippen LogP contribution in [-0.4, -0.2) is 41.8 Å². The van der Waals surface area contributed by atoms with Gasteiger partial charge in [0.15, 0.2) is 0 Å². The van der Waals surface area contributed by atoms with Gasteiger partial charge in [-0.1, -0.05) is 25.1 Å². The SMILES string of the molecule is CCc1cc(-c2ccc(F)cc2)c(O)cc1OCCCOc1cccc(OCCCC/C(N)=N/NN)c1CCC(=O)O. The number of rotatable bonds is 18. The molecule has 0 saturated carbocycles. The summed E-state index contributed by atoms with van der Waals surface area (Å²) in [5, 5.41) is 23.6. The lowest BCUT2D eigenvalue weighted by Crippen LogP contribution is -2.22. The van der Waals surface area contributed by atoms with Crippen molar-refractivity contribution in [2.75, 3.05) is 19.8 Å². The molecule has 0 radical (unpaired) electrons. The number of amidine groups is 1. The Kier molecular flexibility index (Phi) is 12.7. The van der Waals surface area contributed by atoms with E-state index in [4.69, 9.17) is 25.8 Å². The molecule has 42 heavy (non-hydrogen) atoms. The van der Waals surface area contributed by atoms with Gasteiger partial charge in [0, 0.05) is 36.5 Å². The first-order valence-corrected chi connectivity index (χ1v) is 13.9. The molecule has 3 aromatic rings. The Hall–Kier alpha value is -4.51. The summed E-state index contributed by atoms with van der Waals surface area (Å²) in [7, 11) is 0. The molecule has 0 amide bonds. The minimum Gasteiger partial charge on any atom is -0.507 e. The number of hydrazine groups is 1. The van der Waals surface area contributed by atoms with Crippen LogP contribution in [0.15, 0.2) is 59.7 Å². The number of carbonyl (C=O) groups is 1. The number of carboxylic acids is 1. The molecule has 226 valence electrons. The lowest BCUT2D eigenvalue weighted by Gasteiger charge is -2.17. The second kappa shape index (κ2) is 16.7. The van der Waals surface area contributed by atoms with Gasteiger partial charge in [0.25, 0.3) is 0 Å². The van der Waals surface area contributed by atoms with Gasteiger partial charge in [-0.15, -0.1) is 0 Å². The van der Waals surface area contributed by atoms with Crippen LogP contribution >= 0.6 is 0 Å². The molecule has 3 rings (SSSR count). The van der Waals surface area contributed by atoms with Crippen LogP contribution in [0.5, 0.6) is 23.0 Å². The number of ether oxygens (including phenoxy) is 3. The molecule has 0 bridgehead atoms. The van der Waals surface area contributed by atoms with E-state index in [1.165, 1.54) is 12.1 Å². The molecule has 3 aromatic carbocycles. The number of hydrazone groups is 1. The number of nitrogens with one attached hydrogen (secondary N) is 1. The topological polar surface area (TPSA) is 162 Å². The molecule has 0 unspecified atom stereocenters. The predicted molar refractivity (Wildman–Crippen MR) is 159 cm³/mol. The predicted octanol–water partition coefficient (Wildman–Crippen LogP) is 4.91. The average molecular weight is 583 g/mol. The van der Waals surface area contributed by atoms with Gasteiger partial charge in [0.1, 0.15) is 34.7 Å². The number of phenols is 1. The van der Waals surface area contributed by atoms with Crippen molar-refractivity contribution in [3.8, 4) is 34.1 Å². The summed E-state index contributed by atoms with van der Waals surface area (Å²) in [5.41, 5.74) is 10.8. The molecule has 0 aliphatic rings. The number of phenolic OH excluding ortho intramolecular Hbond substituents is 1. The Bertz CT molecular complexity index is 1330. The zero-order chi connectivity index (χ0) is 30.3. The molecule has 0 spiro atoms. The molecule has 0 aliphatic heterocycles. The van der Waals surface area contributed by atoms with E-state index in [1.807, 2.05) is 19.1 Å². The number of aromatic hydroxyl groups is 1. The molecule has 10 nitrogen and oxygen atoms in total. The lowest BCUT2D eigenvalue weighted by atomic mass is 10.00. The maximum Gasteiger partial charge on any atom is 0.303 e. The van der Waals surface area contributed by atoms with E-state index in [0.29, 0.717) is 78.9 Å². The van der Waals surface area contributed by atoms with E-state index in [2.05, 4.69) is 10.6 Å². The van der Waals surface area contributed by atoms with Crippen LogP contribution in [0.2, 0.25) is 0 Å². The lowest BCUT2D eigenvalue weighted by molar-refractivity contribution is -0.136. The van der Waals surface area contributed by atoms with Crippen LogP contribution in [0.25, 0.3) is 11.1 Å². The average Bonchev–Trinajstić information content (AvgIpc) is 2.97. The number of aliphatic carboxylic acids is 1. The summed E-state index contributed by atoms with van der Waals surface area (Å²) in [6.07, 6.45) is 3.49. The third-order valence-electron chi connectivity index (χ3n) is 6.49. The highest BCUT2D eigenvalue weighted by atomic mass is 19.1. The van der Waals surface area contributed by atoms with Crippen LogP contribution in [0, 0.1) is 5.82 Å². The van der Waals surface area contributed by atoms with Crippen molar-refractivity contribution in [1.82, 2.24) is 5.53 Å². The van der Waals surface area contributed by atoms with Crippen molar-refractivity contribution >= 4 is 11.8 Å². The summed E-state index contributed by atoms with van der Waals surface area (Å²) in [4.78, 5) is 11.3. The van der Waals surface area contributed by atoms with E-state index in [1.54, 1.807) is 30.3 Å². The highest BCUT2D eigenvalue weighted by molar-refractivity contribution is 5.79. The smallest absolute Gasteiger partial charge is 0.303 e. The van der Waals surface area contributed by atoms with Crippen LogP contribution in [0.1, 0.15) is 50.2 Å². The molecule has 11 heteroatoms. The fourth-order valence-corrected chi connectivity index (χ4v) is 4.33. The number of halogens is 1. The molecular formula is C31H39FN4O6. The first-order chi connectivity index (χ1) is 20.3. The minimum absolute atomic E-state index is 0.0501. The first kappa shape index (κ1) is 32.0. The first-order valence-electron chi connectivity index (χ1n) is 13.9. The zero-order valence-corrected chi connectivity index (χ0v) is 23.8. The molecule has 0 aliphatic carbocycles. The van der Waals surface area contributed by atoms with Crippen LogP contribution in [0.3, 0.4) is 0 Å². The number of hydrogen-bond donors (Lipinski definition) is 5. The Labute approximate surface area is 245 Å². The molecule has 0 fully saturated rings. The monoisotopic (exact) mass is 582 g/mol. The summed E-state index contributed by atoms with van der Waals surface area (Å²) < 4.78 is 31.3. The van der Waals surface area contributed by atoms with Crippen LogP contribution in [-0.2, 0) is 17.6 Å². The minimum atomic E-state index is -0.909. The van der Waals surface area contributed by atoms with Crippen molar-refractivity contribution in [2.45, 2.75) is 51.9 Å². The second-order valence-corrected chi connectivity index (χ2v) is 9.55. The number of unbranched alkanes of at least 4 members (excludes halogenated alkanes) is 1. The molecular weight excluding hydrogens is 543 g/mol. The van der Waals surface area contributed by atoms with Gasteiger partial charge in [-0.3, -0.25) is 4.79 Å². The Morgan fingerprint density at radius 1 is 0.929 bits per heavy atom. The van der Waals surface area contributed by atoms with Gasteiger partial charge in [-0.25, -0.2) is 15.8 Å². The Morgan fingerprint density at radius 2 is 1.57 bits per heavy atom. The third-order valence-corrected chi connectivity index (χ3v) is 6.49. The van der Waals surface area contributed by atoms with Gasteiger partial charge in [0.2, 0.25) is 0 Å². The van der Waals surface area contributed by atoms with E-state index in [-0.39, 0.29) is 24.4 Å². The van der Waals surface area contributed by atoms with Crippen LogP contribution in [0.4, 0.5) is 4.39 Å². The number of nitrogens with two attached hydrogens (primary N) is 2. The number of benzene rings is 3. The van der Waals surface area contributed by atoms with Crippen molar-refractivity contribution < 1.29 is 33.6 Å². The van der Waals surface area contributed by atoms with E-state index >= 15 is 0 Å². The molecule has 0 atom stereocenters. The quantitative estimate of drug-likeness (QED) is 0.0461. The Morgan fingerprint density at radius 3 is 2.19 bits per heavy atom. The maximum absolute atomic E-state index is 13.3. The van der Waals surface area contributed by atoms with Crippen LogP contribution < -0.4 is 31.3 Å². The fraction of sp³-hybridized carbons (Fsp3) is 0.355. The van der Waals surface area contributed by atoms with Crippen molar-refractivity contribution in [1.29, 1.82) is 0 Å². The number of aryl methyl sites for hydroxylation is 1. The summed E-state index contributed by atoms with van der Waals surface area (Å²) in [6.45, 7) is 3.09. The van der Waals surface area contributed by atoms with E-state index in [9.17, 15) is 19.4 Å². The van der Waals surface area contributed by atoms with Gasteiger partial charge >= 0.3 is 5.97 Å². The standard InChI is InChI=1S/C31H39FN4O6/c1-2-21-19-25(22-10-12-23(32)13-11-22)26(37)20-29(21)42-18-6-17-41-28-8-5-7-27(24(28)14-15-31(38)39)40-16-4-3-9-30(33)35-36-34/h5,7-8,10-13,19-20,36-37H,2-4,6,9,14-18,34H2,1H3,(H2,33,35)(H,38,39). The Balaban J connectivity index is 1.57. The molecule has 0 aromatic heterocycles. The van der Waals surface area contributed by atoms with Crippen molar-refractivity contribution in [3.63, 3.8) is 0 Å².